The molecule has 0 spiro atoms. The van der Waals surface area contributed by atoms with Crippen molar-refractivity contribution >= 4 is 12.1 Å². The average molecular weight is 236 g/mol. The lowest BCUT2D eigenvalue weighted by atomic mass is 10.3. The van der Waals surface area contributed by atoms with Gasteiger partial charge in [-0.2, -0.15) is 0 Å². The molecule has 1 fully saturated rings. The molecule has 1 aliphatic rings. The number of hydrogen-bond donors (Lipinski definition) is 0. The van der Waals surface area contributed by atoms with E-state index in [1.54, 1.807) is 17.0 Å². The minimum absolute atomic E-state index is 0.00717. The van der Waals surface area contributed by atoms with E-state index >= 15 is 0 Å². The van der Waals surface area contributed by atoms with Gasteiger partial charge in [0.2, 0.25) is 6.41 Å². The molecule has 1 atom stereocenters. The predicted octanol–water partition coefficient (Wildman–Crippen LogP) is 1.20. The molecule has 0 unspecified atom stereocenters. The summed E-state index contributed by atoms with van der Waals surface area (Å²) in [5, 5.41) is 10.6. The smallest absolute Gasteiger partial charge is 0.273 e. The largest absolute Gasteiger partial charge is 0.488 e. The highest BCUT2D eigenvalue weighted by atomic mass is 16.6. The summed E-state index contributed by atoms with van der Waals surface area (Å²) in [6.45, 7) is 1.20. The van der Waals surface area contributed by atoms with Gasteiger partial charge in [-0.25, -0.2) is 0 Å². The third-order valence-corrected chi connectivity index (χ3v) is 2.66. The van der Waals surface area contributed by atoms with Crippen LogP contribution in [-0.4, -0.2) is 35.4 Å². The van der Waals surface area contributed by atoms with Crippen LogP contribution < -0.4 is 4.74 Å². The summed E-state index contributed by atoms with van der Waals surface area (Å²) >= 11 is 0. The van der Waals surface area contributed by atoms with E-state index in [-0.39, 0.29) is 11.8 Å². The second-order valence-electron chi connectivity index (χ2n) is 3.88. The Labute approximate surface area is 97.9 Å². The Bertz CT molecular complexity index is 435. The van der Waals surface area contributed by atoms with Crippen molar-refractivity contribution < 1.29 is 14.5 Å². The molecule has 1 saturated heterocycles. The summed E-state index contributed by atoms with van der Waals surface area (Å²) in [6, 6.07) is 6.07. The molecule has 1 amide bonds. The highest BCUT2D eigenvalue weighted by Gasteiger charge is 2.23. The normalized spacial score (nSPS) is 19.1. The van der Waals surface area contributed by atoms with Crippen molar-refractivity contribution in [2.24, 2.45) is 0 Å². The summed E-state index contributed by atoms with van der Waals surface area (Å²) in [7, 11) is 0. The number of carbonyl (C=O) groups excluding carboxylic acids is 1. The van der Waals surface area contributed by atoms with Crippen LogP contribution in [-0.2, 0) is 4.79 Å². The van der Waals surface area contributed by atoms with Crippen molar-refractivity contribution in [1.29, 1.82) is 0 Å². The minimum Gasteiger partial charge on any atom is -0.488 e. The molecule has 1 aromatic rings. The number of non-ortho nitro benzene ring substituents is 1. The fraction of sp³-hybridized carbons (Fsp3) is 0.364. The molecule has 6 nitrogen and oxygen atoms in total. The Morgan fingerprint density at radius 1 is 1.53 bits per heavy atom. The number of nitro benzene ring substituents is 1. The lowest BCUT2D eigenvalue weighted by Gasteiger charge is -2.13. The van der Waals surface area contributed by atoms with Gasteiger partial charge in [0.1, 0.15) is 11.9 Å². The Hall–Kier alpha value is -2.11. The number of ether oxygens (including phenoxy) is 1. The zero-order chi connectivity index (χ0) is 12.3. The predicted molar refractivity (Wildman–Crippen MR) is 59.8 cm³/mol. The van der Waals surface area contributed by atoms with E-state index in [0.29, 0.717) is 18.8 Å². The van der Waals surface area contributed by atoms with Gasteiger partial charge in [0.25, 0.3) is 5.69 Å². The van der Waals surface area contributed by atoms with E-state index in [4.69, 9.17) is 4.74 Å². The van der Waals surface area contributed by atoms with E-state index < -0.39 is 4.92 Å². The maximum Gasteiger partial charge on any atom is 0.273 e. The van der Waals surface area contributed by atoms with Crippen molar-refractivity contribution in [3.63, 3.8) is 0 Å². The van der Waals surface area contributed by atoms with Crippen LogP contribution in [0.4, 0.5) is 5.69 Å². The first-order valence-electron chi connectivity index (χ1n) is 5.29. The monoisotopic (exact) mass is 236 g/mol. The van der Waals surface area contributed by atoms with Crippen LogP contribution >= 0.6 is 0 Å². The van der Waals surface area contributed by atoms with Crippen molar-refractivity contribution in [3.8, 4) is 5.75 Å². The first kappa shape index (κ1) is 11.4. The fourth-order valence-electron chi connectivity index (χ4n) is 1.81. The van der Waals surface area contributed by atoms with Crippen molar-refractivity contribution in [1.82, 2.24) is 4.90 Å². The highest BCUT2D eigenvalue weighted by molar-refractivity contribution is 5.47. The van der Waals surface area contributed by atoms with Crippen molar-refractivity contribution in [2.75, 3.05) is 13.1 Å². The molecule has 17 heavy (non-hydrogen) atoms. The molecular weight excluding hydrogens is 224 g/mol. The number of carbonyl (C=O) groups is 1. The average Bonchev–Trinajstić information content (AvgIpc) is 2.77. The van der Waals surface area contributed by atoms with Crippen LogP contribution in [0.25, 0.3) is 0 Å². The van der Waals surface area contributed by atoms with Crippen molar-refractivity contribution in [2.45, 2.75) is 12.5 Å². The number of likely N-dealkylation sites (tertiary alicyclic amines) is 1. The first-order chi connectivity index (χ1) is 8.19. The van der Waals surface area contributed by atoms with Crippen LogP contribution in [0.15, 0.2) is 24.3 Å². The second-order valence-corrected chi connectivity index (χ2v) is 3.88. The third-order valence-electron chi connectivity index (χ3n) is 2.66. The summed E-state index contributed by atoms with van der Waals surface area (Å²) < 4.78 is 5.59. The van der Waals surface area contributed by atoms with E-state index in [9.17, 15) is 14.9 Å². The molecule has 0 N–H and O–H groups in total. The molecule has 0 radical (unpaired) electrons. The van der Waals surface area contributed by atoms with Gasteiger partial charge in [-0.3, -0.25) is 14.9 Å². The summed E-state index contributed by atoms with van der Waals surface area (Å²) in [6.07, 6.45) is 1.46. The number of benzene rings is 1. The van der Waals surface area contributed by atoms with Gasteiger partial charge in [-0.1, -0.05) is 6.07 Å². The number of amides is 1. The second kappa shape index (κ2) is 4.82. The van der Waals surface area contributed by atoms with E-state index in [1.165, 1.54) is 12.1 Å². The fourth-order valence-corrected chi connectivity index (χ4v) is 1.81. The summed E-state index contributed by atoms with van der Waals surface area (Å²) in [5.74, 6) is 0.469. The molecule has 0 saturated carbocycles. The molecule has 0 aliphatic carbocycles. The topological polar surface area (TPSA) is 72.7 Å². The lowest BCUT2D eigenvalue weighted by Crippen LogP contribution is -2.23. The van der Waals surface area contributed by atoms with E-state index in [1.807, 2.05) is 0 Å². The van der Waals surface area contributed by atoms with Crippen LogP contribution in [0.1, 0.15) is 6.42 Å². The maximum atomic E-state index is 10.6. The third kappa shape index (κ3) is 2.72. The number of rotatable bonds is 4. The van der Waals surface area contributed by atoms with Gasteiger partial charge in [0, 0.05) is 19.0 Å². The van der Waals surface area contributed by atoms with Gasteiger partial charge in [0.15, 0.2) is 0 Å². The van der Waals surface area contributed by atoms with Crippen LogP contribution in [0.2, 0.25) is 0 Å². The van der Waals surface area contributed by atoms with Crippen LogP contribution in [0.3, 0.4) is 0 Å². The van der Waals surface area contributed by atoms with Gasteiger partial charge < -0.3 is 9.64 Å². The standard InChI is InChI=1S/C11H12N2O4/c14-8-12-5-4-11(7-12)17-10-3-1-2-9(6-10)13(15)16/h1-3,6,8,11H,4-5,7H2/t11-/m0/s1. The SMILES string of the molecule is O=CN1CC[C@H](Oc2cccc([N+](=O)[O-])c2)C1. The highest BCUT2D eigenvalue weighted by Crippen LogP contribution is 2.22. The van der Waals surface area contributed by atoms with E-state index in [0.717, 1.165) is 12.8 Å². The molecule has 0 aromatic heterocycles. The molecule has 1 aliphatic heterocycles. The number of nitro groups is 1. The summed E-state index contributed by atoms with van der Waals surface area (Å²) in [5.41, 5.74) is 0.00717. The Morgan fingerprint density at radius 2 is 2.35 bits per heavy atom. The number of nitrogens with zero attached hydrogens (tertiary/aromatic N) is 2. The molecule has 1 aromatic carbocycles. The Morgan fingerprint density at radius 3 is 3.00 bits per heavy atom. The van der Waals surface area contributed by atoms with Crippen LogP contribution in [0, 0.1) is 10.1 Å². The molecule has 90 valence electrons. The summed E-state index contributed by atoms with van der Waals surface area (Å²) in [4.78, 5) is 22.3. The Kier molecular flexibility index (Phi) is 3.22. The molecule has 2 rings (SSSR count). The minimum atomic E-state index is -0.459. The van der Waals surface area contributed by atoms with Crippen LogP contribution in [0.5, 0.6) is 5.75 Å². The first-order valence-corrected chi connectivity index (χ1v) is 5.29. The molecular formula is C11H12N2O4. The molecule has 0 bridgehead atoms. The zero-order valence-electron chi connectivity index (χ0n) is 9.11. The van der Waals surface area contributed by atoms with Gasteiger partial charge in [0.05, 0.1) is 17.5 Å². The van der Waals surface area contributed by atoms with Gasteiger partial charge in [-0.05, 0) is 6.07 Å². The lowest BCUT2D eigenvalue weighted by molar-refractivity contribution is -0.384. The Balaban J connectivity index is 2.01. The van der Waals surface area contributed by atoms with Crippen molar-refractivity contribution in [3.05, 3.63) is 34.4 Å². The van der Waals surface area contributed by atoms with Gasteiger partial charge in [-0.15, -0.1) is 0 Å². The number of hydrogen-bond acceptors (Lipinski definition) is 4. The zero-order valence-corrected chi connectivity index (χ0v) is 9.11. The van der Waals surface area contributed by atoms with Gasteiger partial charge >= 0.3 is 0 Å². The molecule has 6 heteroatoms. The maximum absolute atomic E-state index is 10.6. The molecule has 1 heterocycles. The quantitative estimate of drug-likeness (QED) is 0.447. The van der Waals surface area contributed by atoms with E-state index in [2.05, 4.69) is 0 Å².